The van der Waals surface area contributed by atoms with Gasteiger partial charge in [-0.3, -0.25) is 4.79 Å². The van der Waals surface area contributed by atoms with E-state index in [1.54, 1.807) is 17.5 Å². The minimum atomic E-state index is 0.0848. The Kier molecular flexibility index (Phi) is 4.91. The summed E-state index contributed by atoms with van der Waals surface area (Å²) in [6.07, 6.45) is 5.68. The zero-order valence-corrected chi connectivity index (χ0v) is 18.6. The Balaban J connectivity index is 1.29. The van der Waals surface area contributed by atoms with Gasteiger partial charge in [-0.05, 0) is 51.7 Å². The molecule has 0 aromatic carbocycles. The van der Waals surface area contributed by atoms with E-state index in [1.165, 1.54) is 16.9 Å². The van der Waals surface area contributed by atoms with Gasteiger partial charge in [-0.15, -0.1) is 22.7 Å². The number of anilines is 2. The number of aromatic nitrogens is 3. The number of aryl methyl sites for hydroxylation is 2. The van der Waals surface area contributed by atoms with Gasteiger partial charge in [0.05, 0.1) is 26.8 Å². The number of carbonyl (C=O) groups excluding carboxylic acids is 1. The minimum Gasteiger partial charge on any atom is -0.332 e. The maximum Gasteiger partial charge on any atom is 0.255 e. The van der Waals surface area contributed by atoms with Crippen LogP contribution in [-0.2, 0) is 0 Å². The third kappa shape index (κ3) is 3.54. The molecule has 3 aromatic heterocycles. The van der Waals surface area contributed by atoms with Crippen LogP contribution in [0.2, 0.25) is 0 Å². The first-order valence-electron chi connectivity index (χ1n) is 10.1. The first-order valence-corrected chi connectivity index (χ1v) is 11.8. The fourth-order valence-corrected chi connectivity index (χ4v) is 6.16. The largest absolute Gasteiger partial charge is 0.332 e. The summed E-state index contributed by atoms with van der Waals surface area (Å²) >= 11 is 3.19. The molecule has 8 heteroatoms. The van der Waals surface area contributed by atoms with Crippen LogP contribution in [0, 0.1) is 13.8 Å². The van der Waals surface area contributed by atoms with Crippen molar-refractivity contribution >= 4 is 39.5 Å². The lowest BCUT2D eigenvalue weighted by molar-refractivity contribution is 0.0635. The summed E-state index contributed by atoms with van der Waals surface area (Å²) in [6.45, 7) is 8.15. The highest BCUT2D eigenvalue weighted by Crippen LogP contribution is 2.38. The second-order valence-electron chi connectivity index (χ2n) is 8.00. The van der Waals surface area contributed by atoms with Gasteiger partial charge < -0.3 is 10.2 Å². The maximum atomic E-state index is 13.1. The third-order valence-electron chi connectivity index (χ3n) is 5.79. The molecule has 2 atom stereocenters. The first kappa shape index (κ1) is 19.4. The number of pyridine rings is 1. The lowest BCUT2D eigenvalue weighted by Crippen LogP contribution is -2.44. The fraction of sp³-hybridized carbons (Fsp3) is 0.364. The van der Waals surface area contributed by atoms with Crippen LogP contribution >= 0.6 is 22.7 Å². The van der Waals surface area contributed by atoms with Gasteiger partial charge in [0.15, 0.2) is 5.13 Å². The number of nitrogens with one attached hydrogen (secondary N) is 1. The summed E-state index contributed by atoms with van der Waals surface area (Å²) in [6, 6.07) is 4.30. The number of amides is 1. The Bertz CT molecular complexity index is 1100. The monoisotopic (exact) mass is 437 g/mol. The summed E-state index contributed by atoms with van der Waals surface area (Å²) in [5.74, 6) is 0.765. The summed E-state index contributed by atoms with van der Waals surface area (Å²) in [5.41, 5.74) is 3.85. The van der Waals surface area contributed by atoms with E-state index in [4.69, 9.17) is 0 Å². The number of nitrogens with zero attached hydrogens (tertiary/aromatic N) is 4. The van der Waals surface area contributed by atoms with Crippen molar-refractivity contribution in [3.63, 3.8) is 0 Å². The van der Waals surface area contributed by atoms with Crippen molar-refractivity contribution in [2.24, 2.45) is 0 Å². The molecule has 2 fully saturated rings. The zero-order valence-electron chi connectivity index (χ0n) is 17.0. The van der Waals surface area contributed by atoms with E-state index in [0.29, 0.717) is 23.5 Å². The Hall–Kier alpha value is -2.58. The summed E-state index contributed by atoms with van der Waals surface area (Å²) < 4.78 is 0. The molecular weight excluding hydrogens is 414 g/mol. The molecule has 30 heavy (non-hydrogen) atoms. The number of carbonyl (C=O) groups is 1. The molecule has 3 aromatic rings. The number of rotatable bonds is 4. The Morgan fingerprint density at radius 3 is 2.60 bits per heavy atom. The molecular formula is C22H23N5OS2. The van der Waals surface area contributed by atoms with Crippen LogP contribution in [0.1, 0.15) is 46.7 Å². The minimum absolute atomic E-state index is 0.0848. The molecule has 2 aliphatic rings. The van der Waals surface area contributed by atoms with Crippen LogP contribution in [-0.4, -0.2) is 37.8 Å². The van der Waals surface area contributed by atoms with Crippen molar-refractivity contribution in [2.75, 3.05) is 5.32 Å². The average molecular weight is 438 g/mol. The van der Waals surface area contributed by atoms with Crippen molar-refractivity contribution in [1.82, 2.24) is 19.9 Å². The highest BCUT2D eigenvalue weighted by atomic mass is 32.1. The van der Waals surface area contributed by atoms with Crippen LogP contribution in [0.4, 0.5) is 10.9 Å². The second kappa shape index (κ2) is 7.59. The van der Waals surface area contributed by atoms with Crippen LogP contribution in [0.15, 0.2) is 35.9 Å². The van der Waals surface area contributed by atoms with E-state index in [-0.39, 0.29) is 5.91 Å². The molecule has 2 aliphatic heterocycles. The Labute approximate surface area is 183 Å². The first-order chi connectivity index (χ1) is 14.5. The highest BCUT2D eigenvalue weighted by molar-refractivity contribution is 7.16. The van der Waals surface area contributed by atoms with E-state index in [9.17, 15) is 4.79 Å². The van der Waals surface area contributed by atoms with E-state index >= 15 is 0 Å². The summed E-state index contributed by atoms with van der Waals surface area (Å²) in [7, 11) is 0. The summed E-state index contributed by atoms with van der Waals surface area (Å²) in [5, 5.41) is 7.09. The predicted octanol–water partition coefficient (Wildman–Crippen LogP) is 5.35. The van der Waals surface area contributed by atoms with E-state index in [2.05, 4.69) is 31.7 Å². The van der Waals surface area contributed by atoms with Crippen LogP contribution < -0.4 is 5.32 Å². The van der Waals surface area contributed by atoms with E-state index < -0.39 is 0 Å². The van der Waals surface area contributed by atoms with Crippen molar-refractivity contribution in [2.45, 2.75) is 51.6 Å². The molecule has 5 heterocycles. The topological polar surface area (TPSA) is 71.0 Å². The molecule has 6 nitrogen and oxygen atoms in total. The third-order valence-corrected chi connectivity index (χ3v) is 7.64. The molecule has 1 N–H and O–H groups in total. The molecule has 0 radical (unpaired) electrons. The Morgan fingerprint density at radius 1 is 1.20 bits per heavy atom. The van der Waals surface area contributed by atoms with Gasteiger partial charge in [0, 0.05) is 23.7 Å². The fourth-order valence-electron chi connectivity index (χ4n) is 4.50. The van der Waals surface area contributed by atoms with Gasteiger partial charge in [0.25, 0.3) is 5.91 Å². The number of piperidine rings is 1. The van der Waals surface area contributed by atoms with Crippen LogP contribution in [0.25, 0.3) is 10.6 Å². The van der Waals surface area contributed by atoms with E-state index in [1.807, 2.05) is 31.4 Å². The zero-order chi connectivity index (χ0) is 20.8. The molecule has 154 valence electrons. The molecule has 2 saturated heterocycles. The molecule has 0 aliphatic carbocycles. The summed E-state index contributed by atoms with van der Waals surface area (Å²) in [4.78, 5) is 29.8. The number of hydrogen-bond acceptors (Lipinski definition) is 7. The quantitative estimate of drug-likeness (QED) is 0.558. The van der Waals surface area contributed by atoms with E-state index in [0.717, 1.165) is 52.1 Å². The second-order valence-corrected chi connectivity index (χ2v) is 10.1. The van der Waals surface area contributed by atoms with Gasteiger partial charge in [0.2, 0.25) is 0 Å². The SMILES string of the molecule is C=C1C[C@H]2CC[C@@H](C1)N2C(=O)c1ccc(Nc2nc(-c3sc(C)nc3C)cs2)nc1. The molecule has 2 bridgehead atoms. The predicted molar refractivity (Wildman–Crippen MR) is 122 cm³/mol. The lowest BCUT2D eigenvalue weighted by Gasteiger charge is -2.36. The number of fused-ring (bicyclic) bond motifs is 2. The normalized spacial score (nSPS) is 20.6. The molecule has 0 unspecified atom stereocenters. The van der Waals surface area contributed by atoms with Gasteiger partial charge in [-0.25, -0.2) is 15.0 Å². The van der Waals surface area contributed by atoms with Crippen LogP contribution in [0.3, 0.4) is 0 Å². The van der Waals surface area contributed by atoms with Gasteiger partial charge in [-0.1, -0.05) is 12.2 Å². The van der Waals surface area contributed by atoms with Crippen LogP contribution in [0.5, 0.6) is 0 Å². The molecule has 0 spiro atoms. The smallest absolute Gasteiger partial charge is 0.255 e. The standard InChI is InChI=1S/C22H23N5OS2/c1-12-8-16-5-6-17(9-12)27(16)21(28)15-4-7-19(23-10-15)26-22-25-18(11-29-22)20-13(2)24-14(3)30-20/h4,7,10-11,16-17H,1,5-6,8-9H2,2-3H3,(H,23,25,26)/t16-,17+. The van der Waals surface area contributed by atoms with Crippen molar-refractivity contribution in [1.29, 1.82) is 0 Å². The maximum absolute atomic E-state index is 13.1. The Morgan fingerprint density at radius 2 is 1.97 bits per heavy atom. The highest BCUT2D eigenvalue weighted by Gasteiger charge is 2.41. The number of thiazole rings is 2. The number of hydrogen-bond donors (Lipinski definition) is 1. The van der Waals surface area contributed by atoms with Crippen molar-refractivity contribution in [3.05, 3.63) is 52.1 Å². The van der Waals surface area contributed by atoms with Gasteiger partial charge in [-0.2, -0.15) is 0 Å². The lowest BCUT2D eigenvalue weighted by atomic mass is 9.97. The molecule has 0 saturated carbocycles. The van der Waals surface area contributed by atoms with Gasteiger partial charge in [0.1, 0.15) is 5.82 Å². The molecule has 1 amide bonds. The molecule has 5 rings (SSSR count). The van der Waals surface area contributed by atoms with Crippen molar-refractivity contribution < 1.29 is 4.79 Å². The van der Waals surface area contributed by atoms with Crippen molar-refractivity contribution in [3.8, 4) is 10.6 Å². The average Bonchev–Trinajstić information content (AvgIpc) is 3.38. The van der Waals surface area contributed by atoms with Gasteiger partial charge >= 0.3 is 0 Å².